The van der Waals surface area contributed by atoms with Crippen LogP contribution in [0.3, 0.4) is 0 Å². The van der Waals surface area contributed by atoms with Crippen LogP contribution in [0.5, 0.6) is 0 Å². The van der Waals surface area contributed by atoms with Crippen molar-refractivity contribution in [2.75, 3.05) is 0 Å². The molecule has 0 unspecified atom stereocenters. The Labute approximate surface area is 171 Å². The molecular formula is C26H23NO. The van der Waals surface area contributed by atoms with Gasteiger partial charge >= 0.3 is 0 Å². The summed E-state index contributed by atoms with van der Waals surface area (Å²) in [6.45, 7) is 5.17. The normalized spacial score (nSPS) is 15.3. The van der Waals surface area contributed by atoms with Crippen molar-refractivity contribution in [1.82, 2.24) is 4.98 Å². The number of hydrogen-bond donors (Lipinski definition) is 0. The number of benzene rings is 3. The molecule has 5 rings (SSSR count). The molecule has 2 heteroatoms. The zero-order valence-corrected chi connectivity index (χ0v) is 16.1. The number of nitrogens with zero attached hydrogens (tertiary/aromatic N) is 1. The number of rotatable bonds is 2. The number of fused-ring (bicyclic) bond motifs is 4. The highest BCUT2D eigenvalue weighted by Gasteiger charge is 2.16. The summed E-state index contributed by atoms with van der Waals surface area (Å²) in [6, 6.07) is 17.1. The van der Waals surface area contributed by atoms with Crippen molar-refractivity contribution in [1.29, 1.82) is 0 Å². The van der Waals surface area contributed by atoms with E-state index >= 15 is 0 Å². The molecule has 2 aromatic heterocycles. The van der Waals surface area contributed by atoms with Crippen LogP contribution in [0.4, 0.5) is 0 Å². The standard InChI is InChI=1S/C26H23NO/c1-26(2,3)16-17-11-12-27-23(13-17)21-10-6-9-20-22-14-18-7-4-5-8-19(18)15-24(22)28-25(20)21/h4-15H,16H2,1-3H3/i11D,12D,13D,16D2. The van der Waals surface area contributed by atoms with Crippen LogP contribution in [0.2, 0.25) is 0 Å². The molecule has 0 radical (unpaired) electrons. The molecule has 3 aromatic carbocycles. The van der Waals surface area contributed by atoms with Crippen LogP contribution >= 0.6 is 0 Å². The van der Waals surface area contributed by atoms with E-state index in [1.807, 2.05) is 42.5 Å². The predicted molar refractivity (Wildman–Crippen MR) is 118 cm³/mol. The van der Waals surface area contributed by atoms with Gasteiger partial charge in [-0.1, -0.05) is 57.2 Å². The Bertz CT molecular complexity index is 1560. The zero-order chi connectivity index (χ0) is 23.7. The second-order valence-electron chi connectivity index (χ2n) is 8.05. The molecule has 0 saturated heterocycles. The molecule has 138 valence electrons. The Morgan fingerprint density at radius 1 is 1.00 bits per heavy atom. The summed E-state index contributed by atoms with van der Waals surface area (Å²) in [6.07, 6.45) is -2.36. The molecule has 5 aromatic rings. The first-order valence-corrected chi connectivity index (χ1v) is 9.33. The molecule has 0 aliphatic heterocycles. The molecule has 0 N–H and O–H groups in total. The molecule has 0 fully saturated rings. The van der Waals surface area contributed by atoms with Crippen LogP contribution in [0.1, 0.15) is 33.2 Å². The maximum absolute atomic E-state index is 8.84. The summed E-state index contributed by atoms with van der Waals surface area (Å²) in [4.78, 5) is 4.24. The monoisotopic (exact) mass is 370 g/mol. The second kappa shape index (κ2) is 6.20. The van der Waals surface area contributed by atoms with E-state index in [9.17, 15) is 0 Å². The summed E-state index contributed by atoms with van der Waals surface area (Å²) in [7, 11) is 0. The van der Waals surface area contributed by atoms with Crippen LogP contribution in [0.25, 0.3) is 44.0 Å². The molecule has 0 spiro atoms. The van der Waals surface area contributed by atoms with Crippen molar-refractivity contribution < 1.29 is 11.3 Å². The summed E-state index contributed by atoms with van der Waals surface area (Å²) in [5.74, 6) is 0. The number of aromatic nitrogens is 1. The average molecular weight is 371 g/mol. The third-order valence-corrected chi connectivity index (χ3v) is 4.71. The minimum absolute atomic E-state index is 0.121. The van der Waals surface area contributed by atoms with Gasteiger partial charge in [-0.3, -0.25) is 4.98 Å². The number of para-hydroxylation sites is 1. The molecule has 28 heavy (non-hydrogen) atoms. The Morgan fingerprint density at radius 3 is 2.57 bits per heavy atom. The van der Waals surface area contributed by atoms with Gasteiger partial charge in [-0.25, -0.2) is 0 Å². The highest BCUT2D eigenvalue weighted by molar-refractivity contribution is 6.13. The third-order valence-electron chi connectivity index (χ3n) is 4.71. The van der Waals surface area contributed by atoms with E-state index in [0.29, 0.717) is 16.7 Å². The minimum atomic E-state index is -2.01. The van der Waals surface area contributed by atoms with Crippen molar-refractivity contribution in [2.45, 2.75) is 27.1 Å². The number of furan rings is 1. The van der Waals surface area contributed by atoms with Crippen molar-refractivity contribution in [3.63, 3.8) is 0 Å². The van der Waals surface area contributed by atoms with Gasteiger partial charge < -0.3 is 4.42 Å². The van der Waals surface area contributed by atoms with Crippen LogP contribution in [0.15, 0.2) is 77.3 Å². The lowest BCUT2D eigenvalue weighted by Crippen LogP contribution is -2.09. The summed E-state index contributed by atoms with van der Waals surface area (Å²) >= 11 is 0. The quantitative estimate of drug-likeness (QED) is 0.324. The Kier molecular flexibility index (Phi) is 2.74. The molecule has 2 nitrogen and oxygen atoms in total. The van der Waals surface area contributed by atoms with Gasteiger partial charge in [0, 0.05) is 25.3 Å². The first-order valence-electron chi connectivity index (χ1n) is 11.8. The molecule has 0 bridgehead atoms. The van der Waals surface area contributed by atoms with Gasteiger partial charge in [0.1, 0.15) is 11.2 Å². The molecular weight excluding hydrogens is 342 g/mol. The van der Waals surface area contributed by atoms with Crippen molar-refractivity contribution in [2.24, 2.45) is 5.41 Å². The maximum Gasteiger partial charge on any atom is 0.144 e. The average Bonchev–Trinajstić information content (AvgIpc) is 3.11. The number of hydrogen-bond acceptors (Lipinski definition) is 2. The van der Waals surface area contributed by atoms with E-state index in [-0.39, 0.29) is 29.5 Å². The van der Waals surface area contributed by atoms with Crippen LogP contribution in [0, 0.1) is 5.41 Å². The van der Waals surface area contributed by atoms with E-state index < -0.39 is 11.8 Å². The van der Waals surface area contributed by atoms with E-state index in [0.717, 1.165) is 21.5 Å². The van der Waals surface area contributed by atoms with Crippen LogP contribution in [-0.4, -0.2) is 4.98 Å². The van der Waals surface area contributed by atoms with Crippen molar-refractivity contribution in [3.05, 3.63) is 78.4 Å². The SMILES string of the molecule is [2H]c1nc(-c2cccc3c2oc2cc4ccccc4cc23)c([2H])c(C([2H])([2H])C(C)(C)C)c1[2H]. The van der Waals surface area contributed by atoms with E-state index in [1.54, 1.807) is 26.8 Å². The largest absolute Gasteiger partial charge is 0.455 e. The van der Waals surface area contributed by atoms with E-state index in [2.05, 4.69) is 11.1 Å². The van der Waals surface area contributed by atoms with Gasteiger partial charge in [0.25, 0.3) is 0 Å². The van der Waals surface area contributed by atoms with Crippen molar-refractivity contribution >= 4 is 32.7 Å². The first-order chi connectivity index (χ1) is 15.5. The van der Waals surface area contributed by atoms with Gasteiger partial charge in [-0.05, 0) is 58.4 Å². The smallest absolute Gasteiger partial charge is 0.144 e. The number of pyridine rings is 1. The second-order valence-corrected chi connectivity index (χ2v) is 8.05. The molecule has 0 saturated carbocycles. The van der Waals surface area contributed by atoms with Crippen molar-refractivity contribution in [3.8, 4) is 11.3 Å². The zero-order valence-electron chi connectivity index (χ0n) is 21.1. The third kappa shape index (κ3) is 2.95. The highest BCUT2D eigenvalue weighted by atomic mass is 16.3. The maximum atomic E-state index is 8.84. The molecule has 0 aliphatic carbocycles. The van der Waals surface area contributed by atoms with Crippen LogP contribution < -0.4 is 0 Å². The summed E-state index contributed by atoms with van der Waals surface area (Å²) in [5, 5.41) is 3.93. The molecule has 2 heterocycles. The topological polar surface area (TPSA) is 26.0 Å². The van der Waals surface area contributed by atoms with Gasteiger partial charge in [0.15, 0.2) is 0 Å². The molecule has 0 aliphatic rings. The van der Waals surface area contributed by atoms with Crippen LogP contribution in [-0.2, 0) is 6.37 Å². The lowest BCUT2D eigenvalue weighted by atomic mass is 9.88. The fraction of sp³-hybridized carbons (Fsp3) is 0.192. The van der Waals surface area contributed by atoms with Gasteiger partial charge in [0.05, 0.1) is 9.81 Å². The van der Waals surface area contributed by atoms with Gasteiger partial charge in [-0.15, -0.1) is 0 Å². The molecule has 0 amide bonds. The van der Waals surface area contributed by atoms with E-state index in [4.69, 9.17) is 11.3 Å². The fourth-order valence-electron chi connectivity index (χ4n) is 3.55. The minimum Gasteiger partial charge on any atom is -0.455 e. The lowest BCUT2D eigenvalue weighted by Gasteiger charge is -2.18. The van der Waals surface area contributed by atoms with Gasteiger partial charge in [-0.2, -0.15) is 0 Å². The fourth-order valence-corrected chi connectivity index (χ4v) is 3.55. The Hall–Kier alpha value is -3.13. The Morgan fingerprint density at radius 2 is 1.79 bits per heavy atom. The Balaban J connectivity index is 1.84. The van der Waals surface area contributed by atoms with Gasteiger partial charge in [0.2, 0.25) is 0 Å². The van der Waals surface area contributed by atoms with E-state index in [1.165, 1.54) is 0 Å². The molecule has 0 atom stereocenters. The summed E-state index contributed by atoms with van der Waals surface area (Å²) in [5.41, 5.74) is 0.892. The first kappa shape index (κ1) is 12.4. The lowest BCUT2D eigenvalue weighted by molar-refractivity contribution is 0.411. The highest BCUT2D eigenvalue weighted by Crippen LogP contribution is 2.37. The summed E-state index contributed by atoms with van der Waals surface area (Å²) < 4.78 is 49.0. The predicted octanol–water partition coefficient (Wildman–Crippen LogP) is 7.39.